The number of rotatable bonds is 6. The molecule has 3 aromatic rings. The van der Waals surface area contributed by atoms with Crippen LogP contribution < -0.4 is 10.6 Å². The lowest BCUT2D eigenvalue weighted by atomic mass is 10.2. The van der Waals surface area contributed by atoms with Gasteiger partial charge in [0, 0.05) is 53.8 Å². The molecule has 1 saturated heterocycles. The maximum Gasteiger partial charge on any atom is 0.319 e. The van der Waals surface area contributed by atoms with Gasteiger partial charge < -0.3 is 19.9 Å². The summed E-state index contributed by atoms with van der Waals surface area (Å²) in [6, 6.07) is 12.0. The van der Waals surface area contributed by atoms with E-state index in [1.165, 1.54) is 5.52 Å². The second-order valence-corrected chi connectivity index (χ2v) is 7.66. The van der Waals surface area contributed by atoms with Crippen LogP contribution in [-0.2, 0) is 17.8 Å². The van der Waals surface area contributed by atoms with E-state index in [9.17, 15) is 4.79 Å². The molecule has 4 rings (SSSR count). The Labute approximate surface area is 162 Å². The number of morpholine rings is 1. The molecule has 0 bridgehead atoms. The zero-order valence-corrected chi connectivity index (χ0v) is 16.0. The third kappa shape index (κ3) is 4.68. The Kier molecular flexibility index (Phi) is 5.72. The number of aromatic nitrogens is 1. The van der Waals surface area contributed by atoms with Crippen molar-refractivity contribution in [1.29, 1.82) is 0 Å². The number of fused-ring (bicyclic) bond motifs is 1. The number of urea groups is 1. The molecule has 1 aromatic carbocycles. The maximum atomic E-state index is 12.1. The second-order valence-electron chi connectivity index (χ2n) is 6.62. The smallest absolute Gasteiger partial charge is 0.319 e. The lowest BCUT2D eigenvalue weighted by molar-refractivity contribution is 0.0365. The number of anilines is 1. The number of carbonyl (C=O) groups is 1. The van der Waals surface area contributed by atoms with Gasteiger partial charge in [0.05, 0.1) is 19.8 Å². The molecule has 1 aliphatic heterocycles. The highest BCUT2D eigenvalue weighted by molar-refractivity contribution is 7.09. The molecule has 0 atom stereocenters. The molecule has 1 fully saturated rings. The minimum absolute atomic E-state index is 0.186. The molecule has 0 radical (unpaired) electrons. The molecular weight excluding hydrogens is 360 g/mol. The molecule has 7 heteroatoms. The summed E-state index contributed by atoms with van der Waals surface area (Å²) in [6.45, 7) is 6.20. The molecule has 0 unspecified atom stereocenters. The fourth-order valence-electron chi connectivity index (χ4n) is 3.30. The fraction of sp³-hybridized carbons (Fsp3) is 0.350. The summed E-state index contributed by atoms with van der Waals surface area (Å²) in [6.07, 6.45) is 2.12. The van der Waals surface area contributed by atoms with Gasteiger partial charge in [0.1, 0.15) is 0 Å². The summed E-state index contributed by atoms with van der Waals surface area (Å²) < 4.78 is 7.67. The van der Waals surface area contributed by atoms with Gasteiger partial charge in [-0.2, -0.15) is 0 Å². The Bertz CT molecular complexity index is 885. The Morgan fingerprint density at radius 2 is 2.04 bits per heavy atom. The number of nitrogens with zero attached hydrogens (tertiary/aromatic N) is 2. The highest BCUT2D eigenvalue weighted by Crippen LogP contribution is 2.21. The second kappa shape index (κ2) is 8.56. The normalized spacial score (nSPS) is 15.1. The average Bonchev–Trinajstić information content (AvgIpc) is 3.35. The van der Waals surface area contributed by atoms with Crippen LogP contribution in [0.15, 0.2) is 48.0 Å². The lowest BCUT2D eigenvalue weighted by Crippen LogP contribution is -2.38. The molecule has 1 aliphatic rings. The number of nitrogens with one attached hydrogen (secondary N) is 2. The van der Waals surface area contributed by atoms with Gasteiger partial charge in [-0.1, -0.05) is 6.07 Å². The van der Waals surface area contributed by atoms with Crippen molar-refractivity contribution in [3.8, 4) is 0 Å². The van der Waals surface area contributed by atoms with Crippen LogP contribution in [0.25, 0.3) is 10.9 Å². The SMILES string of the molecule is O=C(NCc1cccs1)Nc1ccc2c(ccn2CCN2CCOCC2)c1. The van der Waals surface area contributed by atoms with Crippen molar-refractivity contribution >= 4 is 34.0 Å². The number of ether oxygens (including phenoxy) is 1. The summed E-state index contributed by atoms with van der Waals surface area (Å²) in [5, 5.41) is 8.93. The minimum Gasteiger partial charge on any atom is -0.379 e. The monoisotopic (exact) mass is 384 g/mol. The van der Waals surface area contributed by atoms with E-state index in [2.05, 4.69) is 38.4 Å². The van der Waals surface area contributed by atoms with Gasteiger partial charge in [0.2, 0.25) is 0 Å². The van der Waals surface area contributed by atoms with Crippen LogP contribution in [0.4, 0.5) is 10.5 Å². The summed E-state index contributed by atoms with van der Waals surface area (Å²) in [5.41, 5.74) is 1.99. The van der Waals surface area contributed by atoms with Crippen molar-refractivity contribution in [2.24, 2.45) is 0 Å². The van der Waals surface area contributed by atoms with Crippen molar-refractivity contribution < 1.29 is 9.53 Å². The Morgan fingerprint density at radius 3 is 2.85 bits per heavy atom. The third-order valence-corrected chi connectivity index (χ3v) is 5.67. The number of hydrogen-bond donors (Lipinski definition) is 2. The standard InChI is InChI=1S/C20H24N4O2S/c25-20(21-15-18-2-1-13-27-18)22-17-3-4-19-16(14-17)5-6-24(19)8-7-23-9-11-26-12-10-23/h1-6,13-14H,7-12,15H2,(H2,21,22,25). The summed E-state index contributed by atoms with van der Waals surface area (Å²) in [4.78, 5) is 15.7. The first-order chi connectivity index (χ1) is 13.3. The van der Waals surface area contributed by atoms with E-state index >= 15 is 0 Å². The van der Waals surface area contributed by atoms with E-state index in [-0.39, 0.29) is 6.03 Å². The average molecular weight is 385 g/mol. The quantitative estimate of drug-likeness (QED) is 0.685. The van der Waals surface area contributed by atoms with E-state index in [1.807, 2.05) is 29.6 Å². The largest absolute Gasteiger partial charge is 0.379 e. The Hall–Kier alpha value is -2.35. The number of carbonyl (C=O) groups excluding carboxylic acids is 1. The maximum absolute atomic E-state index is 12.1. The fourth-order valence-corrected chi connectivity index (χ4v) is 3.95. The van der Waals surface area contributed by atoms with Crippen LogP contribution in [0.1, 0.15) is 4.88 Å². The van der Waals surface area contributed by atoms with E-state index in [0.717, 1.165) is 55.3 Å². The number of hydrogen-bond acceptors (Lipinski definition) is 4. The number of thiophene rings is 1. The molecule has 0 spiro atoms. The number of amides is 2. The van der Waals surface area contributed by atoms with Gasteiger partial charge in [0.25, 0.3) is 0 Å². The van der Waals surface area contributed by atoms with Gasteiger partial charge in [-0.25, -0.2) is 4.79 Å². The topological polar surface area (TPSA) is 58.5 Å². The van der Waals surface area contributed by atoms with Crippen LogP contribution in [-0.4, -0.2) is 48.3 Å². The zero-order valence-electron chi connectivity index (χ0n) is 15.2. The van der Waals surface area contributed by atoms with Crippen LogP contribution in [0.5, 0.6) is 0 Å². The van der Waals surface area contributed by atoms with Crippen molar-refractivity contribution in [3.05, 3.63) is 52.9 Å². The first-order valence-corrected chi connectivity index (χ1v) is 10.1. The van der Waals surface area contributed by atoms with E-state index in [4.69, 9.17) is 4.74 Å². The third-order valence-electron chi connectivity index (χ3n) is 4.79. The van der Waals surface area contributed by atoms with Gasteiger partial charge in [0.15, 0.2) is 0 Å². The van der Waals surface area contributed by atoms with E-state index < -0.39 is 0 Å². The summed E-state index contributed by atoms with van der Waals surface area (Å²) in [5.74, 6) is 0. The predicted molar refractivity (Wildman–Crippen MR) is 109 cm³/mol. The molecule has 3 heterocycles. The van der Waals surface area contributed by atoms with Gasteiger partial charge >= 0.3 is 6.03 Å². The molecule has 2 N–H and O–H groups in total. The number of benzene rings is 1. The van der Waals surface area contributed by atoms with Crippen molar-refractivity contribution in [2.45, 2.75) is 13.1 Å². The minimum atomic E-state index is -0.186. The lowest BCUT2D eigenvalue weighted by Gasteiger charge is -2.26. The van der Waals surface area contributed by atoms with Crippen LogP contribution >= 0.6 is 11.3 Å². The highest BCUT2D eigenvalue weighted by atomic mass is 32.1. The summed E-state index contributed by atoms with van der Waals surface area (Å²) >= 11 is 1.63. The Morgan fingerprint density at radius 1 is 1.15 bits per heavy atom. The van der Waals surface area contributed by atoms with Gasteiger partial charge in [-0.15, -0.1) is 11.3 Å². The molecular formula is C20H24N4O2S. The molecule has 0 aliphatic carbocycles. The first-order valence-electron chi connectivity index (χ1n) is 9.24. The molecule has 2 amide bonds. The molecule has 142 valence electrons. The van der Waals surface area contributed by atoms with Crippen molar-refractivity contribution in [3.63, 3.8) is 0 Å². The molecule has 27 heavy (non-hydrogen) atoms. The van der Waals surface area contributed by atoms with E-state index in [0.29, 0.717) is 6.54 Å². The zero-order chi connectivity index (χ0) is 18.5. The van der Waals surface area contributed by atoms with Gasteiger partial charge in [-0.3, -0.25) is 4.90 Å². The Balaban J connectivity index is 1.34. The van der Waals surface area contributed by atoms with Crippen LogP contribution in [0.2, 0.25) is 0 Å². The molecule has 6 nitrogen and oxygen atoms in total. The van der Waals surface area contributed by atoms with E-state index in [1.54, 1.807) is 11.3 Å². The van der Waals surface area contributed by atoms with Crippen LogP contribution in [0, 0.1) is 0 Å². The first kappa shape index (κ1) is 18.0. The molecule has 0 saturated carbocycles. The van der Waals surface area contributed by atoms with Gasteiger partial charge in [-0.05, 0) is 35.7 Å². The summed E-state index contributed by atoms with van der Waals surface area (Å²) in [7, 11) is 0. The van der Waals surface area contributed by atoms with Crippen LogP contribution in [0.3, 0.4) is 0 Å². The van der Waals surface area contributed by atoms with Crippen molar-refractivity contribution in [1.82, 2.24) is 14.8 Å². The van der Waals surface area contributed by atoms with Crippen molar-refractivity contribution in [2.75, 3.05) is 38.2 Å². The highest BCUT2D eigenvalue weighted by Gasteiger charge is 2.11. The predicted octanol–water partition coefficient (Wildman–Crippen LogP) is 3.36. The molecule has 2 aromatic heterocycles.